The molecule has 1 unspecified atom stereocenters. The summed E-state index contributed by atoms with van der Waals surface area (Å²) in [5.41, 5.74) is 0. The summed E-state index contributed by atoms with van der Waals surface area (Å²) in [6.45, 7) is 4.56. The van der Waals surface area contributed by atoms with E-state index in [2.05, 4.69) is 13.8 Å². The van der Waals surface area contributed by atoms with Crippen molar-refractivity contribution in [3.63, 3.8) is 0 Å². The highest BCUT2D eigenvalue weighted by Crippen LogP contribution is 2.19. The molecule has 0 aromatic heterocycles. The number of carboxylic acid groups (broad SMARTS) is 1. The lowest BCUT2D eigenvalue weighted by molar-refractivity contribution is -0.150. The van der Waals surface area contributed by atoms with Crippen LogP contribution in [-0.2, 0) is 14.3 Å². The zero-order valence-electron chi connectivity index (χ0n) is 30.0. The predicted molar refractivity (Wildman–Crippen MR) is 190 cm³/mol. The largest absolute Gasteiger partial charge is 0.481 e. The molecule has 0 aliphatic heterocycles. The minimum absolute atomic E-state index is 0.00824. The van der Waals surface area contributed by atoms with E-state index >= 15 is 0 Å². The van der Waals surface area contributed by atoms with Crippen LogP contribution in [-0.4, -0.2) is 23.1 Å². The van der Waals surface area contributed by atoms with Gasteiger partial charge in [0.25, 0.3) is 0 Å². The molecule has 0 heterocycles. The Hall–Kier alpha value is -1.06. The van der Waals surface area contributed by atoms with Gasteiger partial charge < -0.3 is 9.84 Å². The third-order valence-corrected chi connectivity index (χ3v) is 9.33. The van der Waals surface area contributed by atoms with Crippen molar-refractivity contribution in [3.8, 4) is 0 Å². The zero-order chi connectivity index (χ0) is 32.2. The Labute approximate surface area is 275 Å². The van der Waals surface area contributed by atoms with Gasteiger partial charge in [-0.1, -0.05) is 187 Å². The fourth-order valence-corrected chi connectivity index (χ4v) is 6.36. The standard InChI is InChI=1S/C40H78O4/c1-3-5-7-9-11-13-15-16-17-18-19-20-22-24-29-33-37-40(43)44-38(35-31-27-25-28-32-36-39(41)42)34-30-26-23-21-14-12-10-8-6-4-2/h38H,3-37H2,1-2H3,(H,41,42). The quantitative estimate of drug-likeness (QED) is 0.0553. The molecule has 1 atom stereocenters. The molecule has 0 saturated heterocycles. The summed E-state index contributed by atoms with van der Waals surface area (Å²) in [7, 11) is 0. The summed E-state index contributed by atoms with van der Waals surface area (Å²) < 4.78 is 6.00. The number of carboxylic acids is 1. The number of carbonyl (C=O) groups excluding carboxylic acids is 1. The second-order valence-electron chi connectivity index (χ2n) is 13.8. The third kappa shape index (κ3) is 35.4. The molecule has 0 radical (unpaired) electrons. The summed E-state index contributed by atoms with van der Waals surface area (Å²) in [5, 5.41) is 8.81. The average Bonchev–Trinajstić information content (AvgIpc) is 3.00. The molecule has 0 rings (SSSR count). The summed E-state index contributed by atoms with van der Waals surface area (Å²) >= 11 is 0. The maximum Gasteiger partial charge on any atom is 0.306 e. The number of hydrogen-bond donors (Lipinski definition) is 1. The van der Waals surface area contributed by atoms with Crippen LogP contribution in [0, 0.1) is 0 Å². The van der Waals surface area contributed by atoms with Gasteiger partial charge in [0.1, 0.15) is 6.10 Å². The van der Waals surface area contributed by atoms with E-state index in [4.69, 9.17) is 9.84 Å². The van der Waals surface area contributed by atoms with Gasteiger partial charge in [-0.15, -0.1) is 0 Å². The first-order valence-electron chi connectivity index (χ1n) is 20.0. The van der Waals surface area contributed by atoms with Crippen LogP contribution in [0.1, 0.15) is 239 Å². The molecule has 0 aromatic carbocycles. The van der Waals surface area contributed by atoms with Crippen LogP contribution in [0.15, 0.2) is 0 Å². The molecule has 1 N–H and O–H groups in total. The lowest BCUT2D eigenvalue weighted by Gasteiger charge is -2.18. The Balaban J connectivity index is 3.93. The van der Waals surface area contributed by atoms with Gasteiger partial charge >= 0.3 is 11.9 Å². The molecule has 262 valence electrons. The second kappa shape index (κ2) is 36.4. The number of hydrogen-bond acceptors (Lipinski definition) is 3. The van der Waals surface area contributed by atoms with Crippen molar-refractivity contribution in [2.24, 2.45) is 0 Å². The number of unbranched alkanes of at least 4 members (excludes halogenated alkanes) is 28. The van der Waals surface area contributed by atoms with Crippen LogP contribution in [0.3, 0.4) is 0 Å². The smallest absolute Gasteiger partial charge is 0.306 e. The van der Waals surface area contributed by atoms with Crippen molar-refractivity contribution in [3.05, 3.63) is 0 Å². The van der Waals surface area contributed by atoms with Crippen LogP contribution >= 0.6 is 0 Å². The summed E-state index contributed by atoms with van der Waals surface area (Å²) in [6, 6.07) is 0. The van der Waals surface area contributed by atoms with Crippen LogP contribution in [0.5, 0.6) is 0 Å². The van der Waals surface area contributed by atoms with Crippen molar-refractivity contribution < 1.29 is 19.4 Å². The zero-order valence-corrected chi connectivity index (χ0v) is 30.0. The summed E-state index contributed by atoms with van der Waals surface area (Å²) in [5.74, 6) is -0.688. The van der Waals surface area contributed by atoms with E-state index in [-0.39, 0.29) is 18.5 Å². The highest BCUT2D eigenvalue weighted by molar-refractivity contribution is 5.69. The summed E-state index contributed by atoms with van der Waals surface area (Å²) in [6.07, 6.45) is 42.6. The lowest BCUT2D eigenvalue weighted by Crippen LogP contribution is -2.18. The van der Waals surface area contributed by atoms with Crippen LogP contribution < -0.4 is 0 Å². The molecule has 0 amide bonds. The van der Waals surface area contributed by atoms with E-state index in [0.29, 0.717) is 6.42 Å². The van der Waals surface area contributed by atoms with Gasteiger partial charge in [0.2, 0.25) is 0 Å². The molecule has 0 aliphatic carbocycles. The van der Waals surface area contributed by atoms with Gasteiger partial charge in [0, 0.05) is 12.8 Å². The number of rotatable bonds is 37. The molecule has 44 heavy (non-hydrogen) atoms. The Kier molecular flexibility index (Phi) is 35.5. The number of aliphatic carboxylic acids is 1. The van der Waals surface area contributed by atoms with E-state index in [9.17, 15) is 9.59 Å². The van der Waals surface area contributed by atoms with Gasteiger partial charge in [-0.25, -0.2) is 0 Å². The Bertz CT molecular complexity index is 590. The minimum atomic E-state index is -0.696. The fraction of sp³-hybridized carbons (Fsp3) is 0.950. The number of esters is 1. The molecule has 4 heteroatoms. The number of carbonyl (C=O) groups is 2. The molecule has 0 fully saturated rings. The van der Waals surface area contributed by atoms with Gasteiger partial charge in [-0.2, -0.15) is 0 Å². The van der Waals surface area contributed by atoms with Gasteiger partial charge in [0.15, 0.2) is 0 Å². The van der Waals surface area contributed by atoms with Crippen LogP contribution in [0.4, 0.5) is 0 Å². The molecule has 0 aromatic rings. The van der Waals surface area contributed by atoms with E-state index in [1.807, 2.05) is 0 Å². The molecule has 0 aliphatic rings. The van der Waals surface area contributed by atoms with Crippen molar-refractivity contribution in [1.82, 2.24) is 0 Å². The topological polar surface area (TPSA) is 63.6 Å². The molecule has 0 saturated carbocycles. The average molecular weight is 623 g/mol. The third-order valence-electron chi connectivity index (χ3n) is 9.33. The van der Waals surface area contributed by atoms with E-state index < -0.39 is 5.97 Å². The number of ether oxygens (including phenoxy) is 1. The lowest BCUT2D eigenvalue weighted by atomic mass is 10.0. The van der Waals surface area contributed by atoms with Crippen molar-refractivity contribution >= 4 is 11.9 Å². The Morgan fingerprint density at radius 3 is 1.00 bits per heavy atom. The molecule has 0 bridgehead atoms. The first-order valence-corrected chi connectivity index (χ1v) is 20.0. The Morgan fingerprint density at radius 1 is 0.409 bits per heavy atom. The molecular formula is C40H78O4. The van der Waals surface area contributed by atoms with E-state index in [1.165, 1.54) is 148 Å². The highest BCUT2D eigenvalue weighted by atomic mass is 16.5. The molecular weight excluding hydrogens is 544 g/mol. The monoisotopic (exact) mass is 623 g/mol. The van der Waals surface area contributed by atoms with E-state index in [1.54, 1.807) is 0 Å². The normalized spacial score (nSPS) is 12.0. The van der Waals surface area contributed by atoms with Gasteiger partial charge in [-0.3, -0.25) is 9.59 Å². The first-order chi connectivity index (χ1) is 21.6. The molecule has 0 spiro atoms. The Morgan fingerprint density at radius 2 is 0.682 bits per heavy atom. The maximum atomic E-state index is 12.6. The van der Waals surface area contributed by atoms with Crippen molar-refractivity contribution in [2.45, 2.75) is 245 Å². The van der Waals surface area contributed by atoms with Crippen molar-refractivity contribution in [1.29, 1.82) is 0 Å². The fourth-order valence-electron chi connectivity index (χ4n) is 6.36. The van der Waals surface area contributed by atoms with Crippen LogP contribution in [0.2, 0.25) is 0 Å². The predicted octanol–water partition coefficient (Wildman–Crippen LogP) is 13.7. The first kappa shape index (κ1) is 42.9. The maximum absolute atomic E-state index is 12.6. The SMILES string of the molecule is CCCCCCCCCCCCCCCCCCC(=O)OC(CCCCCCCCCCCC)CCCCCCCC(=O)O. The minimum Gasteiger partial charge on any atom is -0.481 e. The summed E-state index contributed by atoms with van der Waals surface area (Å²) in [4.78, 5) is 23.3. The second-order valence-corrected chi connectivity index (χ2v) is 13.8. The van der Waals surface area contributed by atoms with Crippen LogP contribution in [0.25, 0.3) is 0 Å². The molecule has 4 nitrogen and oxygen atoms in total. The van der Waals surface area contributed by atoms with E-state index in [0.717, 1.165) is 64.2 Å². The van der Waals surface area contributed by atoms with Crippen molar-refractivity contribution in [2.75, 3.05) is 0 Å². The highest BCUT2D eigenvalue weighted by Gasteiger charge is 2.14. The van der Waals surface area contributed by atoms with Gasteiger partial charge in [0.05, 0.1) is 0 Å². The van der Waals surface area contributed by atoms with Gasteiger partial charge in [-0.05, 0) is 38.5 Å².